The Labute approximate surface area is 197 Å². The van der Waals surface area contributed by atoms with Gasteiger partial charge >= 0.3 is 16.3 Å². The van der Waals surface area contributed by atoms with E-state index < -0.39 is 51.5 Å². The molecule has 16 nitrogen and oxygen atoms in total. The van der Waals surface area contributed by atoms with E-state index in [0.29, 0.717) is 13.1 Å². The Morgan fingerprint density at radius 3 is 2.59 bits per heavy atom. The van der Waals surface area contributed by atoms with Gasteiger partial charge in [-0.15, -0.1) is 11.3 Å². The zero-order valence-corrected chi connectivity index (χ0v) is 19.5. The van der Waals surface area contributed by atoms with Crippen molar-refractivity contribution in [3.8, 4) is 0 Å². The fourth-order valence-electron chi connectivity index (χ4n) is 3.06. The van der Waals surface area contributed by atoms with Gasteiger partial charge in [-0.1, -0.05) is 5.16 Å². The van der Waals surface area contributed by atoms with Gasteiger partial charge in [-0.05, 0) is 13.8 Å². The van der Waals surface area contributed by atoms with Crippen LogP contribution in [0.15, 0.2) is 15.5 Å². The number of aliphatic imine (C=N–C) groups is 1. The molecule has 7 N–H and O–H groups in total. The third kappa shape index (κ3) is 5.02. The first kappa shape index (κ1) is 25.1. The van der Waals surface area contributed by atoms with Gasteiger partial charge in [0.05, 0.1) is 12.6 Å². The third-order valence-corrected chi connectivity index (χ3v) is 6.56. The molecule has 0 saturated carbocycles. The summed E-state index contributed by atoms with van der Waals surface area (Å²) in [5, 5.41) is 16.6. The number of thiazole rings is 1. The standard InChI is InChI=1S/C16H22N8O8S2/c1-16(2,13(27)28)32-22-9(7-6-33-15(18)20-7)11(25)21-10-8(5-23-4-3-19-14(23)17)24(12(10)26)34(29,30)31/h6,8,10H,3-5H2,1-2H3,(H2,17,19)(H2,18,20)(H,21,25)(H,27,28)(H,29,30,31)/b22-9-/t8-,10?/m0/s1. The molecule has 1 saturated heterocycles. The summed E-state index contributed by atoms with van der Waals surface area (Å²) in [5.74, 6) is -3.37. The molecule has 186 valence electrons. The lowest BCUT2D eigenvalue weighted by Crippen LogP contribution is -2.74. The second kappa shape index (κ2) is 9.03. The summed E-state index contributed by atoms with van der Waals surface area (Å²) in [7, 11) is -4.92. The van der Waals surface area contributed by atoms with E-state index in [1.165, 1.54) is 24.1 Å². The van der Waals surface area contributed by atoms with Crippen molar-refractivity contribution in [2.75, 3.05) is 25.4 Å². The lowest BCUT2D eigenvalue weighted by Gasteiger charge is -2.45. The number of carbonyl (C=O) groups is 3. The van der Waals surface area contributed by atoms with Gasteiger partial charge in [0.25, 0.3) is 11.8 Å². The first-order valence-corrected chi connectivity index (χ1v) is 11.9. The fourth-order valence-corrected chi connectivity index (χ4v) is 4.48. The summed E-state index contributed by atoms with van der Waals surface area (Å²) < 4.78 is 33.1. The number of nitrogens with zero attached hydrogens (tertiary/aromatic N) is 5. The number of rotatable bonds is 9. The Bertz CT molecular complexity index is 1180. The SMILES string of the molecule is CC(C)(O/N=C(\C(=O)NC1C(=O)N(S(=O)(=O)O)[C@H]1CN1CCN=C1N)c1csc(N)n1)C(=O)O. The number of nitrogens with one attached hydrogen (secondary N) is 1. The number of hydrogen-bond acceptors (Lipinski definition) is 13. The van der Waals surface area contributed by atoms with E-state index in [1.807, 2.05) is 0 Å². The van der Waals surface area contributed by atoms with Crippen LogP contribution in [0.3, 0.4) is 0 Å². The summed E-state index contributed by atoms with van der Waals surface area (Å²) in [6, 6.07) is -2.60. The van der Waals surface area contributed by atoms with Crippen molar-refractivity contribution in [3.05, 3.63) is 11.1 Å². The van der Waals surface area contributed by atoms with Crippen molar-refractivity contribution in [2.45, 2.75) is 31.5 Å². The number of aromatic nitrogens is 1. The number of anilines is 1. The topological polar surface area (TPSA) is 243 Å². The molecule has 2 aliphatic heterocycles. The summed E-state index contributed by atoms with van der Waals surface area (Å²) in [5.41, 5.74) is 8.97. The van der Waals surface area contributed by atoms with Crippen molar-refractivity contribution in [2.24, 2.45) is 15.9 Å². The number of guanidine groups is 1. The van der Waals surface area contributed by atoms with Crippen LogP contribution in [0.2, 0.25) is 0 Å². The number of carboxylic acid groups (broad SMARTS) is 1. The molecule has 34 heavy (non-hydrogen) atoms. The maximum Gasteiger partial charge on any atom is 0.362 e. The number of nitrogen functional groups attached to an aromatic ring is 1. The van der Waals surface area contributed by atoms with Crippen LogP contribution in [0.5, 0.6) is 0 Å². The molecule has 1 fully saturated rings. The molecule has 1 aromatic heterocycles. The van der Waals surface area contributed by atoms with Gasteiger partial charge in [-0.25, -0.2) is 14.1 Å². The molecule has 0 radical (unpaired) electrons. The first-order chi connectivity index (χ1) is 15.7. The number of nitrogens with two attached hydrogens (primary N) is 2. The van der Waals surface area contributed by atoms with Crippen LogP contribution in [-0.4, -0.2) is 99.0 Å². The zero-order valence-electron chi connectivity index (χ0n) is 17.9. The molecule has 2 atom stereocenters. The van der Waals surface area contributed by atoms with Gasteiger partial charge in [0.1, 0.15) is 11.7 Å². The summed E-state index contributed by atoms with van der Waals surface area (Å²) in [6.07, 6.45) is 0. The second-order valence-electron chi connectivity index (χ2n) is 7.73. The molecule has 3 heterocycles. The number of carbonyl (C=O) groups excluding carboxylic acids is 2. The average Bonchev–Trinajstić information content (AvgIpc) is 3.32. The van der Waals surface area contributed by atoms with E-state index in [9.17, 15) is 32.5 Å². The Morgan fingerprint density at radius 2 is 2.09 bits per heavy atom. The highest BCUT2D eigenvalue weighted by atomic mass is 32.2. The van der Waals surface area contributed by atoms with E-state index in [4.69, 9.17) is 16.3 Å². The number of aliphatic carboxylic acids is 1. The van der Waals surface area contributed by atoms with Gasteiger partial charge < -0.3 is 31.6 Å². The molecule has 0 bridgehead atoms. The number of hydrogen-bond donors (Lipinski definition) is 5. The van der Waals surface area contributed by atoms with Crippen molar-refractivity contribution in [1.82, 2.24) is 19.5 Å². The average molecular weight is 519 g/mol. The molecule has 2 aliphatic rings. The monoisotopic (exact) mass is 518 g/mol. The first-order valence-electron chi connectivity index (χ1n) is 9.59. The Balaban J connectivity index is 1.87. The van der Waals surface area contributed by atoms with E-state index in [2.05, 4.69) is 20.4 Å². The molecular formula is C16H22N8O8S2. The van der Waals surface area contributed by atoms with Crippen LogP contribution in [0.25, 0.3) is 0 Å². The lowest BCUT2D eigenvalue weighted by atomic mass is 9.97. The van der Waals surface area contributed by atoms with E-state index in [-0.39, 0.29) is 27.6 Å². The van der Waals surface area contributed by atoms with Crippen LogP contribution in [-0.2, 0) is 29.5 Å². The molecule has 0 aromatic carbocycles. The third-order valence-electron chi connectivity index (χ3n) is 4.94. The smallest absolute Gasteiger partial charge is 0.362 e. The van der Waals surface area contributed by atoms with Crippen LogP contribution in [0, 0.1) is 0 Å². The van der Waals surface area contributed by atoms with E-state index >= 15 is 0 Å². The molecule has 18 heteroatoms. The van der Waals surface area contributed by atoms with Gasteiger partial charge in [0.2, 0.25) is 5.60 Å². The normalized spacial score (nSPS) is 21.2. The zero-order chi connectivity index (χ0) is 25.4. The Kier molecular flexibility index (Phi) is 6.67. The maximum absolute atomic E-state index is 13.0. The van der Waals surface area contributed by atoms with Gasteiger partial charge in [0.15, 0.2) is 16.8 Å². The van der Waals surface area contributed by atoms with Crippen molar-refractivity contribution < 1.29 is 37.3 Å². The Morgan fingerprint density at radius 1 is 1.41 bits per heavy atom. The van der Waals surface area contributed by atoms with Crippen molar-refractivity contribution >= 4 is 56.2 Å². The van der Waals surface area contributed by atoms with Crippen molar-refractivity contribution in [3.63, 3.8) is 0 Å². The molecule has 2 amide bonds. The summed E-state index contributed by atoms with van der Waals surface area (Å²) in [4.78, 5) is 51.2. The highest BCUT2D eigenvalue weighted by molar-refractivity contribution is 7.84. The van der Waals surface area contributed by atoms with Crippen LogP contribution >= 0.6 is 11.3 Å². The predicted molar refractivity (Wildman–Crippen MR) is 118 cm³/mol. The lowest BCUT2D eigenvalue weighted by molar-refractivity contribution is -0.161. The highest BCUT2D eigenvalue weighted by Crippen LogP contribution is 2.25. The van der Waals surface area contributed by atoms with Crippen LogP contribution in [0.4, 0.5) is 5.13 Å². The number of amides is 2. The van der Waals surface area contributed by atoms with Gasteiger partial charge in [-0.2, -0.15) is 8.42 Å². The minimum Gasteiger partial charge on any atom is -0.478 e. The van der Waals surface area contributed by atoms with Gasteiger partial charge in [-0.3, -0.25) is 19.1 Å². The molecule has 1 unspecified atom stereocenters. The van der Waals surface area contributed by atoms with Crippen LogP contribution < -0.4 is 16.8 Å². The number of oxime groups is 1. The minimum absolute atomic E-state index is 0.0629. The Hall–Kier alpha value is -3.51. The van der Waals surface area contributed by atoms with Crippen LogP contribution in [0.1, 0.15) is 19.5 Å². The highest BCUT2D eigenvalue weighted by Gasteiger charge is 2.55. The molecule has 3 rings (SSSR count). The largest absolute Gasteiger partial charge is 0.478 e. The molecular weight excluding hydrogens is 496 g/mol. The minimum atomic E-state index is -4.92. The number of carboxylic acids is 1. The van der Waals surface area contributed by atoms with E-state index in [1.54, 1.807) is 0 Å². The van der Waals surface area contributed by atoms with E-state index in [0.717, 1.165) is 11.3 Å². The van der Waals surface area contributed by atoms with Gasteiger partial charge in [0, 0.05) is 18.5 Å². The summed E-state index contributed by atoms with van der Waals surface area (Å²) >= 11 is 0.967. The predicted octanol–water partition coefficient (Wildman–Crippen LogP) is -2.56. The fraction of sp³-hybridized carbons (Fsp3) is 0.500. The van der Waals surface area contributed by atoms with Crippen molar-refractivity contribution in [1.29, 1.82) is 0 Å². The summed E-state index contributed by atoms with van der Waals surface area (Å²) in [6.45, 7) is 2.94. The quantitative estimate of drug-likeness (QED) is 0.0980. The molecule has 0 aliphatic carbocycles. The molecule has 0 spiro atoms. The second-order valence-corrected chi connectivity index (χ2v) is 9.91. The number of β-lactam (4-membered cyclic amide) rings is 1. The molecule has 1 aromatic rings. The maximum atomic E-state index is 13.0.